The summed E-state index contributed by atoms with van der Waals surface area (Å²) in [5.74, 6) is -5.57. The molecule has 0 spiro atoms. The Morgan fingerprint density at radius 1 is 0.971 bits per heavy atom. The predicted octanol–water partition coefficient (Wildman–Crippen LogP) is 5.39. The molecule has 178 valence electrons. The molecule has 1 aromatic heterocycles. The number of anilines is 1. The molecule has 1 aliphatic rings. The molecule has 1 fully saturated rings. The standard InChI is InChI=1S/C27H22F3N3O2/c1-27(29,30)26(35)31-22-16-24(34)33(25(22)17-5-3-2-4-6-17)21-11-12-23-18(15-21)13-14-32(23)20-9-7-19(28)8-10-20/h2-15,22,25H,16H2,1H3,(H,31,35)/t22-,25+/m1/s1. The first kappa shape index (κ1) is 22.7. The van der Waals surface area contributed by atoms with Gasteiger partial charge >= 0.3 is 5.92 Å². The maximum Gasteiger partial charge on any atom is 0.321 e. The molecule has 1 N–H and O–H groups in total. The lowest BCUT2D eigenvalue weighted by Crippen LogP contribution is -2.46. The highest BCUT2D eigenvalue weighted by Gasteiger charge is 2.45. The minimum atomic E-state index is -3.56. The molecule has 0 radical (unpaired) electrons. The number of halogens is 3. The summed E-state index contributed by atoms with van der Waals surface area (Å²) in [5, 5.41) is 3.23. The zero-order valence-corrected chi connectivity index (χ0v) is 18.8. The van der Waals surface area contributed by atoms with Crippen LogP contribution in [0.2, 0.25) is 0 Å². The van der Waals surface area contributed by atoms with E-state index in [-0.39, 0.29) is 18.1 Å². The summed E-state index contributed by atoms with van der Waals surface area (Å²) >= 11 is 0. The van der Waals surface area contributed by atoms with Gasteiger partial charge in [0.15, 0.2) is 0 Å². The van der Waals surface area contributed by atoms with Gasteiger partial charge in [-0.15, -0.1) is 0 Å². The van der Waals surface area contributed by atoms with E-state index >= 15 is 0 Å². The van der Waals surface area contributed by atoms with Crippen molar-refractivity contribution >= 4 is 28.4 Å². The van der Waals surface area contributed by atoms with Gasteiger partial charge in [-0.3, -0.25) is 9.59 Å². The highest BCUT2D eigenvalue weighted by molar-refractivity contribution is 6.00. The van der Waals surface area contributed by atoms with E-state index in [2.05, 4.69) is 5.32 Å². The van der Waals surface area contributed by atoms with Crippen molar-refractivity contribution < 1.29 is 22.8 Å². The van der Waals surface area contributed by atoms with Crippen LogP contribution in [0.1, 0.15) is 24.9 Å². The summed E-state index contributed by atoms with van der Waals surface area (Å²) in [5.41, 5.74) is 2.97. The van der Waals surface area contributed by atoms with Gasteiger partial charge in [0.05, 0.1) is 17.6 Å². The van der Waals surface area contributed by atoms with Crippen LogP contribution in [-0.2, 0) is 9.59 Å². The number of rotatable bonds is 5. The molecule has 1 saturated heterocycles. The van der Waals surface area contributed by atoms with Gasteiger partial charge in [-0.2, -0.15) is 8.78 Å². The Balaban J connectivity index is 1.53. The normalized spacial score (nSPS) is 18.3. The zero-order valence-electron chi connectivity index (χ0n) is 18.8. The van der Waals surface area contributed by atoms with Gasteiger partial charge in [0.25, 0.3) is 5.91 Å². The number of alkyl halides is 2. The van der Waals surface area contributed by atoms with E-state index in [1.54, 1.807) is 35.2 Å². The number of hydrogen-bond donors (Lipinski definition) is 1. The van der Waals surface area contributed by atoms with Crippen molar-refractivity contribution in [1.82, 2.24) is 9.88 Å². The Morgan fingerprint density at radius 3 is 2.34 bits per heavy atom. The van der Waals surface area contributed by atoms with Crippen molar-refractivity contribution in [3.8, 4) is 5.69 Å². The molecule has 5 nitrogen and oxygen atoms in total. The van der Waals surface area contributed by atoms with E-state index in [0.717, 1.165) is 22.2 Å². The van der Waals surface area contributed by atoms with Crippen LogP contribution in [0.5, 0.6) is 0 Å². The van der Waals surface area contributed by atoms with Crippen molar-refractivity contribution in [2.24, 2.45) is 0 Å². The van der Waals surface area contributed by atoms with Crippen LogP contribution in [0.3, 0.4) is 0 Å². The third-order valence-corrected chi connectivity index (χ3v) is 6.24. The minimum Gasteiger partial charge on any atom is -0.345 e. The fourth-order valence-corrected chi connectivity index (χ4v) is 4.60. The first-order valence-corrected chi connectivity index (χ1v) is 11.2. The number of carbonyl (C=O) groups is 2. The number of nitrogens with one attached hydrogen (secondary N) is 1. The summed E-state index contributed by atoms with van der Waals surface area (Å²) in [7, 11) is 0. The van der Waals surface area contributed by atoms with Crippen molar-refractivity contribution in [3.63, 3.8) is 0 Å². The Kier molecular flexibility index (Phi) is 5.59. The third-order valence-electron chi connectivity index (χ3n) is 6.24. The number of benzene rings is 3. The Morgan fingerprint density at radius 2 is 1.66 bits per heavy atom. The highest BCUT2D eigenvalue weighted by Crippen LogP contribution is 2.39. The van der Waals surface area contributed by atoms with E-state index in [4.69, 9.17) is 0 Å². The van der Waals surface area contributed by atoms with Gasteiger partial charge < -0.3 is 14.8 Å². The van der Waals surface area contributed by atoms with Crippen LogP contribution < -0.4 is 10.2 Å². The minimum absolute atomic E-state index is 0.101. The Hall–Kier alpha value is -4.07. The van der Waals surface area contributed by atoms with E-state index in [1.165, 1.54) is 12.1 Å². The lowest BCUT2D eigenvalue weighted by Gasteiger charge is -2.29. The second kappa shape index (κ2) is 8.61. The van der Waals surface area contributed by atoms with E-state index in [9.17, 15) is 22.8 Å². The molecule has 5 rings (SSSR count). The van der Waals surface area contributed by atoms with Crippen LogP contribution in [0, 0.1) is 5.82 Å². The average molecular weight is 477 g/mol. The Labute approximate surface area is 199 Å². The quantitative estimate of drug-likeness (QED) is 0.419. The molecule has 2 heterocycles. The first-order valence-electron chi connectivity index (χ1n) is 11.2. The van der Waals surface area contributed by atoms with Gasteiger partial charge in [-0.1, -0.05) is 30.3 Å². The van der Waals surface area contributed by atoms with Gasteiger partial charge in [-0.05, 0) is 54.1 Å². The SMILES string of the molecule is CC(F)(F)C(=O)N[C@@H]1CC(=O)N(c2ccc3c(ccn3-c3ccc(F)cc3)c2)[C@H]1c1ccccc1. The fraction of sp³-hybridized carbons (Fsp3) is 0.185. The van der Waals surface area contributed by atoms with Gasteiger partial charge in [-0.25, -0.2) is 4.39 Å². The van der Waals surface area contributed by atoms with E-state index in [0.29, 0.717) is 12.6 Å². The molecular weight excluding hydrogens is 455 g/mol. The number of amides is 2. The maximum absolute atomic E-state index is 13.6. The van der Waals surface area contributed by atoms with Crippen molar-refractivity contribution in [1.29, 1.82) is 0 Å². The topological polar surface area (TPSA) is 54.3 Å². The third kappa shape index (κ3) is 4.27. The molecule has 2 atom stereocenters. The van der Waals surface area contributed by atoms with Gasteiger partial charge in [0.2, 0.25) is 5.91 Å². The maximum atomic E-state index is 13.6. The van der Waals surface area contributed by atoms with E-state index in [1.807, 2.05) is 47.2 Å². The smallest absolute Gasteiger partial charge is 0.321 e. The summed E-state index contributed by atoms with van der Waals surface area (Å²) in [6.07, 6.45) is 1.75. The Bertz CT molecular complexity index is 1390. The number of fused-ring (bicyclic) bond motifs is 1. The highest BCUT2D eigenvalue weighted by atomic mass is 19.3. The molecule has 35 heavy (non-hydrogen) atoms. The molecule has 0 bridgehead atoms. The van der Waals surface area contributed by atoms with Crippen LogP contribution in [0.4, 0.5) is 18.9 Å². The average Bonchev–Trinajstić information content (AvgIpc) is 3.39. The molecule has 1 aliphatic heterocycles. The van der Waals surface area contributed by atoms with Gasteiger partial charge in [0.1, 0.15) is 5.82 Å². The molecule has 0 saturated carbocycles. The summed E-state index contributed by atoms with van der Waals surface area (Å²) in [4.78, 5) is 26.8. The van der Waals surface area contributed by atoms with Crippen molar-refractivity contribution in [2.75, 3.05) is 4.90 Å². The summed E-state index contributed by atoms with van der Waals surface area (Å²) in [6.45, 7) is 0.536. The van der Waals surface area contributed by atoms with Crippen LogP contribution in [-0.4, -0.2) is 28.3 Å². The molecule has 3 aromatic carbocycles. The second-order valence-electron chi connectivity index (χ2n) is 8.70. The summed E-state index contributed by atoms with van der Waals surface area (Å²) in [6, 6.07) is 21.1. The molecule has 0 aliphatic carbocycles. The monoisotopic (exact) mass is 477 g/mol. The van der Waals surface area contributed by atoms with Crippen LogP contribution >= 0.6 is 0 Å². The van der Waals surface area contributed by atoms with Crippen LogP contribution in [0.15, 0.2) is 85.1 Å². The van der Waals surface area contributed by atoms with Crippen molar-refractivity contribution in [3.05, 3.63) is 96.4 Å². The second-order valence-corrected chi connectivity index (χ2v) is 8.70. The largest absolute Gasteiger partial charge is 0.345 e. The number of hydrogen-bond acceptors (Lipinski definition) is 2. The lowest BCUT2D eigenvalue weighted by molar-refractivity contribution is -0.143. The molecular formula is C27H22F3N3O2. The van der Waals surface area contributed by atoms with Crippen LogP contribution in [0.25, 0.3) is 16.6 Å². The molecule has 4 aromatic rings. The number of carbonyl (C=O) groups excluding carboxylic acids is 2. The zero-order chi connectivity index (χ0) is 24.7. The molecule has 8 heteroatoms. The van der Waals surface area contributed by atoms with Gasteiger partial charge in [0, 0.05) is 36.3 Å². The molecule has 2 amide bonds. The first-order chi connectivity index (χ1) is 16.7. The van der Waals surface area contributed by atoms with E-state index < -0.39 is 23.9 Å². The summed E-state index contributed by atoms with van der Waals surface area (Å²) < 4.78 is 42.5. The predicted molar refractivity (Wildman–Crippen MR) is 127 cm³/mol. The van der Waals surface area contributed by atoms with Crippen molar-refractivity contribution in [2.45, 2.75) is 31.4 Å². The number of nitrogens with zero attached hydrogens (tertiary/aromatic N) is 2. The molecule has 0 unspecified atom stereocenters. The fourth-order valence-electron chi connectivity index (χ4n) is 4.60. The number of aromatic nitrogens is 1. The lowest BCUT2D eigenvalue weighted by atomic mass is 9.99.